The summed E-state index contributed by atoms with van der Waals surface area (Å²) in [5.41, 5.74) is 3.74. The second-order valence-corrected chi connectivity index (χ2v) is 8.48. The van der Waals surface area contributed by atoms with Crippen LogP contribution in [0.25, 0.3) is 21.9 Å². The van der Waals surface area contributed by atoms with Gasteiger partial charge in [0.1, 0.15) is 12.4 Å². The maximum absolute atomic E-state index is 13.5. The molecule has 0 radical (unpaired) electrons. The standard InChI is InChI=1S/C25H27N5O2/c1-17(31)26-19-9-7-12-21-18(19)13-15-29(21)16-24(32)30-14-6-5-11-23(30)25-27-20-8-3-4-10-22(20)28(25)2/h3-4,7-10,12-13,15,23H,5-6,11,14,16H2,1-2H3,(H,26,31)/t23-/m0/s1. The van der Waals surface area contributed by atoms with Crippen LogP contribution >= 0.6 is 0 Å². The van der Waals surface area contributed by atoms with E-state index in [0.717, 1.165) is 59.3 Å². The number of hydrogen-bond donors (Lipinski definition) is 1. The maximum atomic E-state index is 13.5. The average Bonchev–Trinajstić information content (AvgIpc) is 3.35. The number of aromatic nitrogens is 3. The quantitative estimate of drug-likeness (QED) is 0.527. The van der Waals surface area contributed by atoms with E-state index in [1.807, 2.05) is 65.2 Å². The van der Waals surface area contributed by atoms with E-state index >= 15 is 0 Å². The number of carbonyl (C=O) groups is 2. The summed E-state index contributed by atoms with van der Waals surface area (Å²) in [6.45, 7) is 2.49. The number of piperidine rings is 1. The number of anilines is 1. The summed E-state index contributed by atoms with van der Waals surface area (Å²) in [4.78, 5) is 31.9. The number of imidazole rings is 1. The molecule has 1 fully saturated rings. The third kappa shape index (κ3) is 3.53. The summed E-state index contributed by atoms with van der Waals surface area (Å²) in [5.74, 6) is 0.925. The van der Waals surface area contributed by atoms with Crippen LogP contribution in [0.15, 0.2) is 54.7 Å². The van der Waals surface area contributed by atoms with E-state index in [0.29, 0.717) is 0 Å². The predicted octanol–water partition coefficient (Wildman–Crippen LogP) is 4.24. The Kier molecular flexibility index (Phi) is 5.17. The average molecular weight is 430 g/mol. The number of para-hydroxylation sites is 2. The smallest absolute Gasteiger partial charge is 0.243 e. The number of benzene rings is 2. The highest BCUT2D eigenvalue weighted by molar-refractivity contribution is 6.01. The van der Waals surface area contributed by atoms with Crippen molar-refractivity contribution in [1.29, 1.82) is 0 Å². The molecule has 3 heterocycles. The lowest BCUT2D eigenvalue weighted by molar-refractivity contribution is -0.135. The van der Waals surface area contributed by atoms with Crippen LogP contribution in [0.3, 0.4) is 0 Å². The number of hydrogen-bond acceptors (Lipinski definition) is 3. The van der Waals surface area contributed by atoms with Crippen molar-refractivity contribution in [2.24, 2.45) is 7.05 Å². The molecule has 1 atom stereocenters. The highest BCUT2D eigenvalue weighted by atomic mass is 16.2. The molecule has 0 spiro atoms. The van der Waals surface area contributed by atoms with Gasteiger partial charge in [0.2, 0.25) is 11.8 Å². The topological polar surface area (TPSA) is 72.2 Å². The first-order valence-electron chi connectivity index (χ1n) is 11.1. The van der Waals surface area contributed by atoms with Gasteiger partial charge in [-0.25, -0.2) is 4.98 Å². The van der Waals surface area contributed by atoms with Crippen molar-refractivity contribution in [3.8, 4) is 0 Å². The zero-order chi connectivity index (χ0) is 22.2. The summed E-state index contributed by atoms with van der Waals surface area (Å²) in [5, 5.41) is 3.80. The molecule has 0 saturated carbocycles. The minimum atomic E-state index is -0.111. The molecule has 1 saturated heterocycles. The predicted molar refractivity (Wildman–Crippen MR) is 125 cm³/mol. The lowest BCUT2D eigenvalue weighted by atomic mass is 10.0. The zero-order valence-electron chi connectivity index (χ0n) is 18.4. The van der Waals surface area contributed by atoms with E-state index in [1.54, 1.807) is 0 Å². The van der Waals surface area contributed by atoms with Gasteiger partial charge in [-0.1, -0.05) is 18.2 Å². The van der Waals surface area contributed by atoms with Gasteiger partial charge in [0.05, 0.1) is 28.3 Å². The van der Waals surface area contributed by atoms with Crippen molar-refractivity contribution in [3.63, 3.8) is 0 Å². The van der Waals surface area contributed by atoms with Gasteiger partial charge in [0.25, 0.3) is 0 Å². The second kappa shape index (κ2) is 8.15. The minimum absolute atomic E-state index is 0.0228. The molecule has 164 valence electrons. The van der Waals surface area contributed by atoms with Crippen LogP contribution in [-0.4, -0.2) is 37.4 Å². The van der Waals surface area contributed by atoms with E-state index in [2.05, 4.69) is 16.0 Å². The molecule has 0 bridgehead atoms. The molecular weight excluding hydrogens is 402 g/mol. The highest BCUT2D eigenvalue weighted by Gasteiger charge is 2.31. The molecular formula is C25H27N5O2. The Morgan fingerprint density at radius 1 is 1.06 bits per heavy atom. The van der Waals surface area contributed by atoms with Crippen molar-refractivity contribution >= 4 is 39.4 Å². The number of likely N-dealkylation sites (tertiary alicyclic amines) is 1. The first-order valence-corrected chi connectivity index (χ1v) is 11.1. The summed E-state index contributed by atoms with van der Waals surface area (Å²) < 4.78 is 4.08. The van der Waals surface area contributed by atoms with Crippen LogP contribution < -0.4 is 5.32 Å². The van der Waals surface area contributed by atoms with Gasteiger partial charge in [0, 0.05) is 32.1 Å². The Bertz CT molecular complexity index is 1320. The van der Waals surface area contributed by atoms with Gasteiger partial charge < -0.3 is 19.4 Å². The molecule has 0 unspecified atom stereocenters. The Labute approximate surface area is 186 Å². The molecule has 0 aliphatic carbocycles. The van der Waals surface area contributed by atoms with E-state index in [4.69, 9.17) is 4.98 Å². The van der Waals surface area contributed by atoms with Gasteiger partial charge in [-0.05, 0) is 49.6 Å². The fraction of sp³-hybridized carbons (Fsp3) is 0.320. The number of fused-ring (bicyclic) bond motifs is 2. The van der Waals surface area contributed by atoms with E-state index in [1.165, 1.54) is 6.92 Å². The van der Waals surface area contributed by atoms with Crippen molar-refractivity contribution in [1.82, 2.24) is 19.0 Å². The Balaban J connectivity index is 1.44. The third-order valence-electron chi connectivity index (χ3n) is 6.37. The van der Waals surface area contributed by atoms with Gasteiger partial charge in [0.15, 0.2) is 0 Å². The SMILES string of the molecule is CC(=O)Nc1cccc2c1ccn2CC(=O)N1CCCC[C@H]1c1nc2ccccc2n1C. The monoisotopic (exact) mass is 429 g/mol. The van der Waals surface area contributed by atoms with E-state index < -0.39 is 0 Å². The first kappa shape index (κ1) is 20.3. The van der Waals surface area contributed by atoms with Crippen molar-refractivity contribution in [2.45, 2.75) is 38.8 Å². The molecule has 4 aromatic rings. The number of nitrogens with zero attached hydrogens (tertiary/aromatic N) is 4. The Morgan fingerprint density at radius 2 is 1.88 bits per heavy atom. The number of nitrogens with one attached hydrogen (secondary N) is 1. The van der Waals surface area contributed by atoms with Crippen LogP contribution in [0.5, 0.6) is 0 Å². The molecule has 2 amide bonds. The molecule has 1 N–H and O–H groups in total. The molecule has 1 aliphatic heterocycles. The van der Waals surface area contributed by atoms with Crippen molar-refractivity contribution in [3.05, 3.63) is 60.6 Å². The van der Waals surface area contributed by atoms with Gasteiger partial charge in [-0.15, -0.1) is 0 Å². The van der Waals surface area contributed by atoms with Crippen molar-refractivity contribution in [2.75, 3.05) is 11.9 Å². The molecule has 2 aromatic heterocycles. The Hall–Kier alpha value is -3.61. The fourth-order valence-corrected chi connectivity index (χ4v) is 4.86. The third-order valence-corrected chi connectivity index (χ3v) is 6.37. The van der Waals surface area contributed by atoms with Crippen LogP contribution in [0.2, 0.25) is 0 Å². The molecule has 32 heavy (non-hydrogen) atoms. The molecule has 2 aromatic carbocycles. The van der Waals surface area contributed by atoms with Gasteiger partial charge >= 0.3 is 0 Å². The van der Waals surface area contributed by atoms with E-state index in [-0.39, 0.29) is 24.4 Å². The second-order valence-electron chi connectivity index (χ2n) is 8.48. The van der Waals surface area contributed by atoms with E-state index in [9.17, 15) is 9.59 Å². The maximum Gasteiger partial charge on any atom is 0.243 e. The molecule has 1 aliphatic rings. The zero-order valence-corrected chi connectivity index (χ0v) is 18.4. The lowest BCUT2D eigenvalue weighted by Crippen LogP contribution is -2.41. The minimum Gasteiger partial charge on any atom is -0.338 e. The summed E-state index contributed by atoms with van der Waals surface area (Å²) in [6.07, 6.45) is 4.93. The van der Waals surface area contributed by atoms with Gasteiger partial charge in [-0.2, -0.15) is 0 Å². The number of rotatable bonds is 4. The largest absolute Gasteiger partial charge is 0.338 e. The van der Waals surface area contributed by atoms with Crippen LogP contribution in [-0.2, 0) is 23.2 Å². The lowest BCUT2D eigenvalue weighted by Gasteiger charge is -2.35. The first-order chi connectivity index (χ1) is 15.5. The normalized spacial score (nSPS) is 16.6. The van der Waals surface area contributed by atoms with Gasteiger partial charge in [-0.3, -0.25) is 9.59 Å². The number of amides is 2. The fourth-order valence-electron chi connectivity index (χ4n) is 4.86. The molecule has 7 heteroatoms. The molecule has 5 rings (SSSR count). The summed E-state index contributed by atoms with van der Waals surface area (Å²) in [7, 11) is 2.03. The number of carbonyl (C=O) groups excluding carboxylic acids is 2. The van der Waals surface area contributed by atoms with Crippen LogP contribution in [0.4, 0.5) is 5.69 Å². The molecule has 7 nitrogen and oxygen atoms in total. The highest BCUT2D eigenvalue weighted by Crippen LogP contribution is 2.33. The summed E-state index contributed by atoms with van der Waals surface area (Å²) in [6, 6.07) is 15.8. The summed E-state index contributed by atoms with van der Waals surface area (Å²) >= 11 is 0. The number of aryl methyl sites for hydroxylation is 1. The van der Waals surface area contributed by atoms with Crippen LogP contribution in [0.1, 0.15) is 38.1 Å². The Morgan fingerprint density at radius 3 is 2.69 bits per heavy atom. The van der Waals surface area contributed by atoms with Crippen molar-refractivity contribution < 1.29 is 9.59 Å². The van der Waals surface area contributed by atoms with Crippen LogP contribution in [0, 0.1) is 0 Å².